The summed E-state index contributed by atoms with van der Waals surface area (Å²) in [5.41, 5.74) is 4.96. The van der Waals surface area contributed by atoms with Gasteiger partial charge in [-0.3, -0.25) is 4.79 Å². The van der Waals surface area contributed by atoms with Crippen LogP contribution < -0.4 is 10.2 Å². The molecule has 8 heteroatoms. The van der Waals surface area contributed by atoms with E-state index in [0.29, 0.717) is 27.9 Å². The second kappa shape index (κ2) is 9.14. The number of carboxylic acids is 1. The zero-order chi connectivity index (χ0) is 25.4. The minimum absolute atomic E-state index is 0.181. The molecular weight excluding hydrogens is 456 g/mol. The Morgan fingerprint density at radius 2 is 1.72 bits per heavy atom. The summed E-state index contributed by atoms with van der Waals surface area (Å²) in [5.74, 6) is -1.27. The number of benzene rings is 3. The summed E-state index contributed by atoms with van der Waals surface area (Å²) >= 11 is 0. The Morgan fingerprint density at radius 3 is 2.47 bits per heavy atom. The number of fused-ring (bicyclic) bond motifs is 3. The van der Waals surface area contributed by atoms with E-state index in [1.54, 1.807) is 36.2 Å². The molecule has 0 saturated carbocycles. The van der Waals surface area contributed by atoms with Gasteiger partial charge in [-0.25, -0.2) is 4.79 Å². The number of nitrogens with zero attached hydrogens (tertiary/aromatic N) is 3. The fraction of sp³-hybridized carbons (Fsp3) is 0.143. The molecule has 1 amide bonds. The van der Waals surface area contributed by atoms with Gasteiger partial charge < -0.3 is 19.7 Å². The molecule has 8 nitrogen and oxygen atoms in total. The first-order valence-electron chi connectivity index (χ1n) is 11.5. The predicted octanol–water partition coefficient (Wildman–Crippen LogP) is 5.83. The summed E-state index contributed by atoms with van der Waals surface area (Å²) in [4.78, 5) is 26.6. The molecule has 0 spiro atoms. The fourth-order valence-electron chi connectivity index (χ4n) is 4.38. The Bertz CT molecular complexity index is 1610. The standard InChI is InChI=1S/C28H24N4O4/c1-16-13-20(17(2)30-23-12-8-7-11-19(23)28(34)35)25-21(14-16)24-26(36-25)22(15-29-31-24)27(33)32(3)18-9-5-4-6-10-18/h4-15,17,30H,1-3H3,(H,34,35)/t17-/m1/s1. The van der Waals surface area contributed by atoms with Crippen LogP contribution >= 0.6 is 0 Å². The molecule has 180 valence electrons. The number of aromatic carboxylic acids is 1. The molecule has 2 aromatic heterocycles. The lowest BCUT2D eigenvalue weighted by Gasteiger charge is -2.18. The van der Waals surface area contributed by atoms with Crippen LogP contribution in [-0.2, 0) is 0 Å². The van der Waals surface area contributed by atoms with Crippen molar-refractivity contribution >= 4 is 45.3 Å². The lowest BCUT2D eigenvalue weighted by molar-refractivity contribution is 0.0697. The summed E-state index contributed by atoms with van der Waals surface area (Å²) in [6.45, 7) is 3.90. The molecule has 0 unspecified atom stereocenters. The molecule has 1 atom stereocenters. The number of hydrogen-bond donors (Lipinski definition) is 2. The van der Waals surface area contributed by atoms with E-state index in [-0.39, 0.29) is 17.5 Å². The molecule has 36 heavy (non-hydrogen) atoms. The summed E-state index contributed by atoms with van der Waals surface area (Å²) in [7, 11) is 1.70. The van der Waals surface area contributed by atoms with Crippen LogP contribution in [0.5, 0.6) is 0 Å². The molecule has 0 aliphatic carbocycles. The van der Waals surface area contributed by atoms with Crippen LogP contribution in [0.3, 0.4) is 0 Å². The number of para-hydroxylation sites is 2. The SMILES string of the molecule is Cc1cc([C@@H](C)Nc2ccccc2C(=O)O)c2oc3c(C(=O)N(C)c4ccccc4)cnnc3c2c1. The van der Waals surface area contributed by atoms with Crippen LogP contribution in [0.4, 0.5) is 11.4 Å². The van der Waals surface area contributed by atoms with Gasteiger partial charge in [0.05, 0.1) is 17.8 Å². The van der Waals surface area contributed by atoms with Crippen LogP contribution in [0, 0.1) is 6.92 Å². The van der Waals surface area contributed by atoms with Crippen molar-refractivity contribution in [1.29, 1.82) is 0 Å². The topological polar surface area (TPSA) is 109 Å². The van der Waals surface area contributed by atoms with Crippen LogP contribution in [0.2, 0.25) is 0 Å². The van der Waals surface area contributed by atoms with Gasteiger partial charge in [0.1, 0.15) is 16.7 Å². The molecule has 0 radical (unpaired) electrons. The number of aryl methyl sites for hydroxylation is 1. The first-order valence-corrected chi connectivity index (χ1v) is 11.5. The molecule has 0 saturated heterocycles. The summed E-state index contributed by atoms with van der Waals surface area (Å²) in [6.07, 6.45) is 1.42. The molecule has 0 bridgehead atoms. The number of carbonyl (C=O) groups is 2. The first kappa shape index (κ1) is 23.0. The van der Waals surface area contributed by atoms with Crippen LogP contribution in [0.1, 0.15) is 44.8 Å². The highest BCUT2D eigenvalue weighted by Gasteiger charge is 2.24. The van der Waals surface area contributed by atoms with Gasteiger partial charge in [0.2, 0.25) is 0 Å². The van der Waals surface area contributed by atoms with E-state index in [9.17, 15) is 14.7 Å². The highest BCUT2D eigenvalue weighted by atomic mass is 16.4. The van der Waals surface area contributed by atoms with E-state index in [1.807, 2.05) is 56.3 Å². The number of anilines is 2. The number of furan rings is 1. The van der Waals surface area contributed by atoms with Crippen molar-refractivity contribution in [2.45, 2.75) is 19.9 Å². The van der Waals surface area contributed by atoms with Crippen LogP contribution in [-0.4, -0.2) is 34.2 Å². The highest BCUT2D eigenvalue weighted by molar-refractivity contribution is 6.16. The molecule has 0 aliphatic heterocycles. The van der Waals surface area contributed by atoms with Crippen molar-refractivity contribution in [3.63, 3.8) is 0 Å². The summed E-state index contributed by atoms with van der Waals surface area (Å²) in [6, 6.07) is 19.7. The smallest absolute Gasteiger partial charge is 0.337 e. The average molecular weight is 481 g/mol. The Morgan fingerprint density at radius 1 is 1.00 bits per heavy atom. The van der Waals surface area contributed by atoms with Crippen molar-refractivity contribution in [2.75, 3.05) is 17.3 Å². The van der Waals surface area contributed by atoms with Crippen LogP contribution in [0.15, 0.2) is 77.3 Å². The zero-order valence-electron chi connectivity index (χ0n) is 20.0. The van der Waals surface area contributed by atoms with Gasteiger partial charge in [-0.15, -0.1) is 5.10 Å². The first-order chi connectivity index (χ1) is 17.3. The third-order valence-electron chi connectivity index (χ3n) is 6.20. The van der Waals surface area contributed by atoms with Gasteiger partial charge in [0.25, 0.3) is 5.91 Å². The minimum atomic E-state index is -1.01. The third kappa shape index (κ3) is 4.02. The van der Waals surface area contributed by atoms with E-state index in [0.717, 1.165) is 22.2 Å². The quantitative estimate of drug-likeness (QED) is 0.315. The average Bonchev–Trinajstić information content (AvgIpc) is 3.26. The second-order valence-corrected chi connectivity index (χ2v) is 8.69. The monoisotopic (exact) mass is 480 g/mol. The summed E-state index contributed by atoms with van der Waals surface area (Å²) < 4.78 is 6.31. The summed E-state index contributed by atoms with van der Waals surface area (Å²) in [5, 5.41) is 22.0. The molecule has 5 aromatic rings. The van der Waals surface area contributed by atoms with Gasteiger partial charge in [-0.05, 0) is 49.7 Å². The Hall–Kier alpha value is -4.72. The van der Waals surface area contributed by atoms with Gasteiger partial charge >= 0.3 is 5.97 Å². The van der Waals surface area contributed by atoms with E-state index in [4.69, 9.17) is 4.42 Å². The van der Waals surface area contributed by atoms with Crippen LogP contribution in [0.25, 0.3) is 22.1 Å². The lowest BCUT2D eigenvalue weighted by Crippen LogP contribution is -2.26. The maximum Gasteiger partial charge on any atom is 0.337 e. The van der Waals surface area contributed by atoms with Crippen molar-refractivity contribution in [2.24, 2.45) is 0 Å². The molecular formula is C28H24N4O4. The van der Waals surface area contributed by atoms with Gasteiger partial charge in [-0.1, -0.05) is 36.4 Å². The minimum Gasteiger partial charge on any atom is -0.478 e. The molecule has 2 heterocycles. The molecule has 0 aliphatic rings. The number of carbonyl (C=O) groups excluding carboxylic acids is 1. The van der Waals surface area contributed by atoms with Gasteiger partial charge in [0, 0.05) is 29.4 Å². The molecule has 2 N–H and O–H groups in total. The second-order valence-electron chi connectivity index (χ2n) is 8.69. The molecule has 3 aromatic carbocycles. The Labute approximate surface area is 207 Å². The molecule has 0 fully saturated rings. The number of nitrogens with one attached hydrogen (secondary N) is 1. The maximum atomic E-state index is 13.4. The predicted molar refractivity (Wildman–Crippen MR) is 139 cm³/mol. The van der Waals surface area contributed by atoms with Gasteiger partial charge in [0.15, 0.2) is 5.58 Å². The van der Waals surface area contributed by atoms with E-state index in [2.05, 4.69) is 15.5 Å². The van der Waals surface area contributed by atoms with Crippen molar-refractivity contribution in [1.82, 2.24) is 10.2 Å². The fourth-order valence-corrected chi connectivity index (χ4v) is 4.38. The normalized spacial score (nSPS) is 12.0. The van der Waals surface area contributed by atoms with Crippen molar-refractivity contribution in [3.05, 3.63) is 95.2 Å². The van der Waals surface area contributed by atoms with Crippen molar-refractivity contribution < 1.29 is 19.1 Å². The zero-order valence-corrected chi connectivity index (χ0v) is 20.0. The number of carboxylic acid groups (broad SMARTS) is 1. The lowest BCUT2D eigenvalue weighted by atomic mass is 10.0. The van der Waals surface area contributed by atoms with E-state index < -0.39 is 5.97 Å². The molecule has 5 rings (SSSR count). The maximum absolute atomic E-state index is 13.4. The largest absolute Gasteiger partial charge is 0.478 e. The number of amides is 1. The highest BCUT2D eigenvalue weighted by Crippen LogP contribution is 2.36. The number of rotatable bonds is 6. The Balaban J connectivity index is 1.61. The number of hydrogen-bond acceptors (Lipinski definition) is 6. The Kier molecular flexibility index (Phi) is 5.85. The van der Waals surface area contributed by atoms with Crippen molar-refractivity contribution in [3.8, 4) is 0 Å². The number of aromatic nitrogens is 2. The third-order valence-corrected chi connectivity index (χ3v) is 6.20. The van der Waals surface area contributed by atoms with E-state index >= 15 is 0 Å². The van der Waals surface area contributed by atoms with E-state index in [1.165, 1.54) is 6.20 Å². The van der Waals surface area contributed by atoms with Gasteiger partial charge in [-0.2, -0.15) is 5.10 Å².